The van der Waals surface area contributed by atoms with Crippen molar-refractivity contribution in [3.63, 3.8) is 0 Å². The summed E-state index contributed by atoms with van der Waals surface area (Å²) in [4.78, 5) is 13.3. The molecule has 1 unspecified atom stereocenters. The number of hydrogen-bond donors (Lipinski definition) is 0. The lowest BCUT2D eigenvalue weighted by Gasteiger charge is -2.35. The maximum absolute atomic E-state index is 12.6. The number of rotatable bonds is 3. The summed E-state index contributed by atoms with van der Waals surface area (Å²) in [5, 5.41) is 0. The van der Waals surface area contributed by atoms with Gasteiger partial charge in [-0.1, -0.05) is 0 Å². The van der Waals surface area contributed by atoms with Crippen molar-refractivity contribution in [3.05, 3.63) is 0 Å². The van der Waals surface area contributed by atoms with Gasteiger partial charge in [0.25, 0.3) is 0 Å². The first-order valence-electron chi connectivity index (χ1n) is 6.85. The maximum Gasteiger partial charge on any atom is 0.391 e. The number of hydrogen-bond acceptors (Lipinski definition) is 3. The Morgan fingerprint density at radius 2 is 1.71 bits per heavy atom. The molecule has 0 aromatic carbocycles. The van der Waals surface area contributed by atoms with E-state index >= 15 is 0 Å². The van der Waals surface area contributed by atoms with Gasteiger partial charge in [0.2, 0.25) is 5.91 Å². The van der Waals surface area contributed by atoms with Gasteiger partial charge in [0.1, 0.15) is 0 Å². The van der Waals surface area contributed by atoms with Crippen LogP contribution in [0.4, 0.5) is 17.1 Å². The standard InChI is InChI=1S/C12H17F4NO3S/c13-12(14,15)9-1-3-10(4-2-9)17-6-8(5-11(17)18)7-21(16,19)20/h8-10H,1-7H2. The normalized spacial score (nSPS) is 31.7. The van der Waals surface area contributed by atoms with Crippen molar-refractivity contribution in [1.82, 2.24) is 4.90 Å². The third kappa shape index (κ3) is 4.31. The van der Waals surface area contributed by atoms with Crippen LogP contribution < -0.4 is 0 Å². The highest BCUT2D eigenvalue weighted by Crippen LogP contribution is 2.39. The molecule has 1 saturated carbocycles. The molecule has 1 aliphatic carbocycles. The van der Waals surface area contributed by atoms with Gasteiger partial charge in [-0.25, -0.2) is 0 Å². The molecule has 0 aromatic rings. The van der Waals surface area contributed by atoms with Gasteiger partial charge in [-0.2, -0.15) is 21.6 Å². The van der Waals surface area contributed by atoms with Crippen molar-refractivity contribution in [2.75, 3.05) is 12.3 Å². The number of carbonyl (C=O) groups excluding carboxylic acids is 1. The fourth-order valence-corrected chi connectivity index (χ4v) is 4.06. The third-order valence-corrected chi connectivity index (χ3v) is 5.14. The summed E-state index contributed by atoms with van der Waals surface area (Å²) < 4.78 is 71.6. The average molecular weight is 331 g/mol. The van der Waals surface area contributed by atoms with Gasteiger partial charge in [-0.15, -0.1) is 3.89 Å². The number of alkyl halides is 3. The molecule has 0 spiro atoms. The molecule has 21 heavy (non-hydrogen) atoms. The second-order valence-electron chi connectivity index (χ2n) is 5.87. The summed E-state index contributed by atoms with van der Waals surface area (Å²) in [6.45, 7) is 0.114. The molecule has 1 amide bonds. The summed E-state index contributed by atoms with van der Waals surface area (Å²) >= 11 is 0. The molecule has 1 atom stereocenters. The minimum absolute atomic E-state index is 0.0238. The second kappa shape index (κ2) is 5.73. The lowest BCUT2D eigenvalue weighted by molar-refractivity contribution is -0.184. The van der Waals surface area contributed by atoms with Crippen LogP contribution in [0, 0.1) is 11.8 Å². The first kappa shape index (κ1) is 16.5. The van der Waals surface area contributed by atoms with E-state index in [-0.39, 0.29) is 50.6 Å². The van der Waals surface area contributed by atoms with Gasteiger partial charge in [-0.3, -0.25) is 4.79 Å². The summed E-state index contributed by atoms with van der Waals surface area (Å²) in [7, 11) is -4.64. The van der Waals surface area contributed by atoms with E-state index in [2.05, 4.69) is 0 Å². The van der Waals surface area contributed by atoms with Crippen LogP contribution in [0.2, 0.25) is 0 Å². The van der Waals surface area contributed by atoms with Gasteiger partial charge in [0.05, 0.1) is 11.7 Å². The molecule has 1 aliphatic heterocycles. The van der Waals surface area contributed by atoms with Crippen molar-refractivity contribution in [3.8, 4) is 0 Å². The first-order chi connectivity index (χ1) is 9.56. The van der Waals surface area contributed by atoms with Gasteiger partial charge in [-0.05, 0) is 25.7 Å². The number of likely N-dealkylation sites (tertiary alicyclic amines) is 1. The Hall–Kier alpha value is -0.860. The highest BCUT2D eigenvalue weighted by molar-refractivity contribution is 7.86. The molecule has 4 nitrogen and oxygen atoms in total. The molecular formula is C12H17F4NO3S. The fourth-order valence-electron chi connectivity index (χ4n) is 3.27. The Morgan fingerprint density at radius 1 is 1.14 bits per heavy atom. The SMILES string of the molecule is O=C1CC(CS(=O)(=O)F)CN1C1CCC(C(F)(F)F)CC1. The molecule has 2 fully saturated rings. The van der Waals surface area contributed by atoms with E-state index in [4.69, 9.17) is 0 Å². The molecule has 0 radical (unpaired) electrons. The van der Waals surface area contributed by atoms with Gasteiger partial charge in [0, 0.05) is 24.9 Å². The molecule has 1 saturated heterocycles. The lowest BCUT2D eigenvalue weighted by atomic mass is 9.85. The van der Waals surface area contributed by atoms with Crippen molar-refractivity contribution in [2.24, 2.45) is 11.8 Å². The van der Waals surface area contributed by atoms with Gasteiger partial charge >= 0.3 is 16.4 Å². The average Bonchev–Trinajstić information content (AvgIpc) is 2.66. The van der Waals surface area contributed by atoms with Gasteiger partial charge < -0.3 is 4.90 Å². The van der Waals surface area contributed by atoms with Crippen LogP contribution in [0.25, 0.3) is 0 Å². The van der Waals surface area contributed by atoms with Crippen molar-refractivity contribution in [1.29, 1.82) is 0 Å². The quantitative estimate of drug-likeness (QED) is 0.589. The molecule has 122 valence electrons. The molecule has 2 aliphatic rings. The monoisotopic (exact) mass is 331 g/mol. The maximum atomic E-state index is 12.6. The fraction of sp³-hybridized carbons (Fsp3) is 0.917. The van der Waals surface area contributed by atoms with Crippen molar-refractivity contribution in [2.45, 2.75) is 44.3 Å². The summed E-state index contributed by atoms with van der Waals surface area (Å²) in [6.07, 6.45) is -3.79. The number of halogens is 4. The van der Waals surface area contributed by atoms with Crippen LogP contribution in [-0.4, -0.2) is 43.7 Å². The third-order valence-electron chi connectivity index (χ3n) is 4.27. The predicted octanol–water partition coefficient (Wildman–Crippen LogP) is 2.26. The minimum Gasteiger partial charge on any atom is -0.339 e. The Kier molecular flexibility index (Phi) is 4.51. The Bertz CT molecular complexity index is 497. The number of nitrogens with zero attached hydrogens (tertiary/aromatic N) is 1. The van der Waals surface area contributed by atoms with Crippen LogP contribution in [0.3, 0.4) is 0 Å². The van der Waals surface area contributed by atoms with E-state index < -0.39 is 34.0 Å². The van der Waals surface area contributed by atoms with E-state index in [1.807, 2.05) is 0 Å². The van der Waals surface area contributed by atoms with Crippen LogP contribution in [0.1, 0.15) is 32.1 Å². The van der Waals surface area contributed by atoms with Crippen molar-refractivity contribution >= 4 is 16.1 Å². The zero-order valence-electron chi connectivity index (χ0n) is 11.3. The van der Waals surface area contributed by atoms with E-state index in [9.17, 15) is 30.3 Å². The molecule has 2 rings (SSSR count). The van der Waals surface area contributed by atoms with E-state index in [0.717, 1.165) is 0 Å². The Balaban J connectivity index is 1.91. The predicted molar refractivity (Wildman–Crippen MR) is 66.5 cm³/mol. The smallest absolute Gasteiger partial charge is 0.339 e. The van der Waals surface area contributed by atoms with Gasteiger partial charge in [0.15, 0.2) is 0 Å². The van der Waals surface area contributed by atoms with E-state index in [1.54, 1.807) is 0 Å². The Labute approximate surface area is 120 Å². The topological polar surface area (TPSA) is 54.5 Å². The van der Waals surface area contributed by atoms with Crippen LogP contribution >= 0.6 is 0 Å². The summed E-state index contributed by atoms with van der Waals surface area (Å²) in [5.74, 6) is -2.92. The lowest BCUT2D eigenvalue weighted by Crippen LogP contribution is -2.41. The first-order valence-corrected chi connectivity index (χ1v) is 8.40. The second-order valence-corrected chi connectivity index (χ2v) is 7.28. The Morgan fingerprint density at radius 3 is 2.19 bits per heavy atom. The molecule has 0 bridgehead atoms. The van der Waals surface area contributed by atoms with Crippen molar-refractivity contribution < 1.29 is 30.3 Å². The number of carbonyl (C=O) groups is 1. The minimum atomic E-state index is -4.64. The molecular weight excluding hydrogens is 314 g/mol. The molecule has 0 N–H and O–H groups in total. The number of amides is 1. The zero-order chi connectivity index (χ0) is 15.8. The van der Waals surface area contributed by atoms with Crippen LogP contribution in [0.5, 0.6) is 0 Å². The summed E-state index contributed by atoms with van der Waals surface area (Å²) in [6, 6.07) is -0.289. The molecule has 1 heterocycles. The van der Waals surface area contributed by atoms with E-state index in [1.165, 1.54) is 4.90 Å². The highest BCUT2D eigenvalue weighted by atomic mass is 32.3. The van der Waals surface area contributed by atoms with Crippen LogP contribution in [-0.2, 0) is 15.0 Å². The van der Waals surface area contributed by atoms with E-state index in [0.29, 0.717) is 0 Å². The van der Waals surface area contributed by atoms with Crippen LogP contribution in [0.15, 0.2) is 0 Å². The molecule has 0 aromatic heterocycles. The summed E-state index contributed by atoms with van der Waals surface area (Å²) in [5.41, 5.74) is 0. The molecule has 9 heteroatoms. The highest BCUT2D eigenvalue weighted by Gasteiger charge is 2.44. The largest absolute Gasteiger partial charge is 0.391 e. The zero-order valence-corrected chi connectivity index (χ0v) is 12.1.